The summed E-state index contributed by atoms with van der Waals surface area (Å²) in [6.07, 6.45) is 0. The fourth-order valence-corrected chi connectivity index (χ4v) is 3.88. The zero-order chi connectivity index (χ0) is 16.0. The number of hydrogen-bond acceptors (Lipinski definition) is 3. The second-order valence-corrected chi connectivity index (χ2v) is 7.09. The molecule has 22 heavy (non-hydrogen) atoms. The molecule has 0 aliphatic carbocycles. The van der Waals surface area contributed by atoms with Gasteiger partial charge in [-0.1, -0.05) is 48.5 Å². The zero-order valence-electron chi connectivity index (χ0n) is 11.8. The Morgan fingerprint density at radius 2 is 1.55 bits per heavy atom. The van der Waals surface area contributed by atoms with Gasteiger partial charge in [-0.3, -0.25) is 4.79 Å². The average molecular weight is 338 g/mol. The van der Waals surface area contributed by atoms with E-state index in [0.29, 0.717) is 5.56 Å². The summed E-state index contributed by atoms with van der Waals surface area (Å²) in [5, 5.41) is 1.70. The summed E-state index contributed by atoms with van der Waals surface area (Å²) in [7, 11) is -3.62. The van der Waals surface area contributed by atoms with Crippen LogP contribution in [0.1, 0.15) is 10.8 Å². The highest BCUT2D eigenvalue weighted by molar-refractivity contribution is 7.91. The highest BCUT2D eigenvalue weighted by Gasteiger charge is 2.29. The van der Waals surface area contributed by atoms with Gasteiger partial charge >= 0.3 is 0 Å². The molecule has 1 unspecified atom stereocenters. The molecule has 0 aliphatic heterocycles. The van der Waals surface area contributed by atoms with Gasteiger partial charge in [0.15, 0.2) is 9.84 Å². The Bertz CT molecular complexity index is 718. The number of carbonyl (C=O) groups excluding carboxylic acids is 1. The molecule has 0 fully saturated rings. The lowest BCUT2D eigenvalue weighted by Gasteiger charge is -2.18. The van der Waals surface area contributed by atoms with E-state index in [9.17, 15) is 13.2 Å². The fraction of sp³-hybridized carbons (Fsp3) is 0.188. The number of alkyl halides is 1. The van der Waals surface area contributed by atoms with E-state index in [1.807, 2.05) is 6.07 Å². The molecule has 2 aromatic carbocycles. The highest BCUT2D eigenvalue weighted by Crippen LogP contribution is 2.28. The number of nitrogens with one attached hydrogen (secondary N) is 1. The standard InChI is InChI=1S/C16H16ClNO3S/c17-11-16(19)18-12-15(13-7-3-1-4-8-13)22(20,21)14-9-5-2-6-10-14/h1-10,15H,11-12H2,(H,18,19). The average Bonchev–Trinajstić information content (AvgIpc) is 2.56. The highest BCUT2D eigenvalue weighted by atomic mass is 35.5. The van der Waals surface area contributed by atoms with Gasteiger partial charge in [-0.25, -0.2) is 8.42 Å². The van der Waals surface area contributed by atoms with Gasteiger partial charge < -0.3 is 5.32 Å². The number of benzene rings is 2. The van der Waals surface area contributed by atoms with Crippen molar-refractivity contribution in [1.82, 2.24) is 5.32 Å². The number of rotatable bonds is 6. The van der Waals surface area contributed by atoms with Crippen LogP contribution < -0.4 is 5.32 Å². The molecule has 1 N–H and O–H groups in total. The van der Waals surface area contributed by atoms with Crippen molar-refractivity contribution in [1.29, 1.82) is 0 Å². The molecule has 0 spiro atoms. The molecule has 2 rings (SSSR count). The lowest BCUT2D eigenvalue weighted by molar-refractivity contribution is -0.118. The Hall–Kier alpha value is -1.85. The number of carbonyl (C=O) groups is 1. The lowest BCUT2D eigenvalue weighted by atomic mass is 10.1. The first-order valence-electron chi connectivity index (χ1n) is 6.72. The summed E-state index contributed by atoms with van der Waals surface area (Å²) in [6.45, 7) is -0.0210. The van der Waals surface area contributed by atoms with Crippen molar-refractivity contribution in [3.63, 3.8) is 0 Å². The van der Waals surface area contributed by atoms with E-state index in [1.54, 1.807) is 54.6 Å². The van der Waals surface area contributed by atoms with Crippen LogP contribution in [0, 0.1) is 0 Å². The maximum atomic E-state index is 12.8. The molecule has 1 amide bonds. The molecular weight excluding hydrogens is 322 g/mol. The van der Waals surface area contributed by atoms with E-state index in [2.05, 4.69) is 5.32 Å². The van der Waals surface area contributed by atoms with Gasteiger partial charge in [0.05, 0.1) is 4.90 Å². The van der Waals surface area contributed by atoms with Crippen molar-refractivity contribution in [3.8, 4) is 0 Å². The molecule has 0 aromatic heterocycles. The normalized spacial score (nSPS) is 12.6. The Morgan fingerprint density at radius 1 is 1.00 bits per heavy atom. The molecule has 116 valence electrons. The third-order valence-corrected chi connectivity index (χ3v) is 5.58. The van der Waals surface area contributed by atoms with Gasteiger partial charge in [0, 0.05) is 6.54 Å². The Kier molecular flexibility index (Phi) is 5.57. The predicted octanol–water partition coefficient (Wildman–Crippen LogP) is 2.56. The summed E-state index contributed by atoms with van der Waals surface area (Å²) < 4.78 is 25.7. The van der Waals surface area contributed by atoms with Crippen molar-refractivity contribution in [3.05, 3.63) is 66.2 Å². The maximum absolute atomic E-state index is 12.8. The molecule has 2 aromatic rings. The van der Waals surface area contributed by atoms with Gasteiger partial charge in [0.1, 0.15) is 11.1 Å². The molecular formula is C16H16ClNO3S. The first-order chi connectivity index (χ1) is 10.6. The van der Waals surface area contributed by atoms with Crippen LogP contribution in [-0.4, -0.2) is 26.7 Å². The fourth-order valence-electron chi connectivity index (χ4n) is 2.10. The minimum Gasteiger partial charge on any atom is -0.353 e. The summed E-state index contributed by atoms with van der Waals surface area (Å²) in [5.74, 6) is -0.599. The third-order valence-electron chi connectivity index (χ3n) is 3.22. The molecule has 0 aliphatic rings. The predicted molar refractivity (Wildman–Crippen MR) is 86.5 cm³/mol. The third kappa shape index (κ3) is 3.87. The maximum Gasteiger partial charge on any atom is 0.234 e. The molecule has 0 heterocycles. The zero-order valence-corrected chi connectivity index (χ0v) is 13.3. The van der Waals surface area contributed by atoms with Crippen molar-refractivity contribution in [2.75, 3.05) is 12.4 Å². The Balaban J connectivity index is 2.38. The monoisotopic (exact) mass is 337 g/mol. The van der Waals surface area contributed by atoms with E-state index < -0.39 is 21.0 Å². The molecule has 6 heteroatoms. The number of sulfone groups is 1. The molecule has 0 radical (unpaired) electrons. The van der Waals surface area contributed by atoms with Crippen molar-refractivity contribution >= 4 is 27.3 Å². The van der Waals surface area contributed by atoms with Crippen molar-refractivity contribution in [2.24, 2.45) is 0 Å². The Morgan fingerprint density at radius 3 is 2.09 bits per heavy atom. The number of halogens is 1. The largest absolute Gasteiger partial charge is 0.353 e. The van der Waals surface area contributed by atoms with Gasteiger partial charge in [0.25, 0.3) is 0 Å². The lowest BCUT2D eigenvalue weighted by Crippen LogP contribution is -2.32. The minimum absolute atomic E-state index is 0.0210. The summed E-state index contributed by atoms with van der Waals surface area (Å²) in [6, 6.07) is 17.0. The molecule has 4 nitrogen and oxygen atoms in total. The first-order valence-corrected chi connectivity index (χ1v) is 8.80. The number of amides is 1. The minimum atomic E-state index is -3.62. The Labute approximate surface area is 135 Å². The van der Waals surface area contributed by atoms with Crippen LogP contribution in [0.4, 0.5) is 0 Å². The topological polar surface area (TPSA) is 63.2 Å². The van der Waals surface area contributed by atoms with Crippen LogP contribution >= 0.6 is 11.6 Å². The summed E-state index contributed by atoms with van der Waals surface area (Å²) >= 11 is 5.45. The van der Waals surface area contributed by atoms with Gasteiger partial charge in [0.2, 0.25) is 5.91 Å². The molecule has 0 bridgehead atoms. The summed E-state index contributed by atoms with van der Waals surface area (Å²) in [5.41, 5.74) is 0.626. The van der Waals surface area contributed by atoms with Crippen LogP contribution in [0.15, 0.2) is 65.6 Å². The van der Waals surface area contributed by atoms with Crippen molar-refractivity contribution in [2.45, 2.75) is 10.1 Å². The second-order valence-electron chi connectivity index (χ2n) is 4.70. The van der Waals surface area contributed by atoms with Gasteiger partial charge in [-0.15, -0.1) is 11.6 Å². The van der Waals surface area contributed by atoms with Crippen LogP contribution in [-0.2, 0) is 14.6 Å². The van der Waals surface area contributed by atoms with Crippen LogP contribution in [0.3, 0.4) is 0 Å². The SMILES string of the molecule is O=C(CCl)NCC(c1ccccc1)S(=O)(=O)c1ccccc1. The van der Waals surface area contributed by atoms with E-state index in [-0.39, 0.29) is 17.3 Å². The van der Waals surface area contributed by atoms with E-state index in [4.69, 9.17) is 11.6 Å². The number of hydrogen-bond donors (Lipinski definition) is 1. The summed E-state index contributed by atoms with van der Waals surface area (Å²) in [4.78, 5) is 11.6. The van der Waals surface area contributed by atoms with Crippen LogP contribution in [0.5, 0.6) is 0 Å². The van der Waals surface area contributed by atoms with Gasteiger partial charge in [-0.05, 0) is 17.7 Å². The van der Waals surface area contributed by atoms with Crippen molar-refractivity contribution < 1.29 is 13.2 Å². The molecule has 0 saturated carbocycles. The smallest absolute Gasteiger partial charge is 0.234 e. The van der Waals surface area contributed by atoms with Gasteiger partial charge in [-0.2, -0.15) is 0 Å². The quantitative estimate of drug-likeness (QED) is 0.824. The molecule has 0 saturated heterocycles. The van der Waals surface area contributed by atoms with E-state index in [0.717, 1.165) is 0 Å². The van der Waals surface area contributed by atoms with E-state index >= 15 is 0 Å². The molecule has 1 atom stereocenters. The van der Waals surface area contributed by atoms with Crippen LogP contribution in [0.2, 0.25) is 0 Å². The van der Waals surface area contributed by atoms with E-state index in [1.165, 1.54) is 0 Å². The second kappa shape index (κ2) is 7.42. The van der Waals surface area contributed by atoms with Crippen LogP contribution in [0.25, 0.3) is 0 Å². The first kappa shape index (κ1) is 16.5.